The summed E-state index contributed by atoms with van der Waals surface area (Å²) in [7, 11) is 0. The molecule has 0 aliphatic carbocycles. The van der Waals surface area contributed by atoms with Crippen molar-refractivity contribution in [3.63, 3.8) is 0 Å². The zero-order valence-corrected chi connectivity index (χ0v) is 19.2. The maximum atomic E-state index is 13.2. The molecule has 1 aromatic heterocycles. The number of likely N-dealkylation sites (tertiary alicyclic amines) is 1. The van der Waals surface area contributed by atoms with Gasteiger partial charge in [-0.15, -0.1) is 11.3 Å². The zero-order valence-electron chi connectivity index (χ0n) is 18.4. The Hall–Kier alpha value is -3.13. The second-order valence-corrected chi connectivity index (χ2v) is 9.45. The van der Waals surface area contributed by atoms with E-state index in [0.29, 0.717) is 18.4 Å². The van der Waals surface area contributed by atoms with E-state index in [2.05, 4.69) is 5.32 Å². The summed E-state index contributed by atoms with van der Waals surface area (Å²) in [6.07, 6.45) is -2.92. The minimum atomic E-state index is -4.43. The first-order chi connectivity index (χ1) is 16.3. The third-order valence-corrected chi connectivity index (χ3v) is 6.96. The van der Waals surface area contributed by atoms with E-state index < -0.39 is 17.7 Å². The molecule has 2 heterocycles. The van der Waals surface area contributed by atoms with E-state index in [4.69, 9.17) is 0 Å². The molecule has 4 rings (SSSR count). The summed E-state index contributed by atoms with van der Waals surface area (Å²) in [4.78, 5) is 28.9. The average molecular weight is 487 g/mol. The lowest BCUT2D eigenvalue weighted by Gasteiger charge is -2.39. The average Bonchev–Trinajstić information content (AvgIpc) is 3.35. The quantitative estimate of drug-likeness (QED) is 0.493. The van der Waals surface area contributed by atoms with Gasteiger partial charge in [0.2, 0.25) is 11.8 Å². The third-order valence-electron chi connectivity index (χ3n) is 6.08. The number of carbonyl (C=O) groups excluding carboxylic acids is 2. The predicted octanol–water partition coefficient (Wildman–Crippen LogP) is 5.61. The Morgan fingerprint density at radius 3 is 2.50 bits per heavy atom. The zero-order chi connectivity index (χ0) is 24.1. The van der Waals surface area contributed by atoms with E-state index in [1.807, 2.05) is 47.8 Å². The van der Waals surface area contributed by atoms with E-state index >= 15 is 0 Å². The van der Waals surface area contributed by atoms with Gasteiger partial charge in [-0.05, 0) is 47.5 Å². The number of hydrogen-bond donors (Lipinski definition) is 1. The maximum Gasteiger partial charge on any atom is 0.416 e. The minimum Gasteiger partial charge on any atom is -0.352 e. The molecule has 3 aromatic rings. The van der Waals surface area contributed by atoms with Gasteiger partial charge in [-0.3, -0.25) is 9.59 Å². The van der Waals surface area contributed by atoms with Crippen molar-refractivity contribution in [3.8, 4) is 0 Å². The van der Waals surface area contributed by atoms with Crippen LogP contribution in [0.3, 0.4) is 0 Å². The summed E-state index contributed by atoms with van der Waals surface area (Å²) in [5.74, 6) is -0.706. The molecule has 2 aromatic carbocycles. The Labute approximate surface area is 200 Å². The van der Waals surface area contributed by atoms with E-state index in [1.165, 1.54) is 17.4 Å². The van der Waals surface area contributed by atoms with Crippen molar-refractivity contribution in [1.82, 2.24) is 10.2 Å². The number of amides is 2. The van der Waals surface area contributed by atoms with Crippen molar-refractivity contribution in [3.05, 3.63) is 93.7 Å². The molecule has 0 bridgehead atoms. The van der Waals surface area contributed by atoms with Gasteiger partial charge in [-0.1, -0.05) is 48.5 Å². The molecule has 1 aliphatic heterocycles. The van der Waals surface area contributed by atoms with Crippen LogP contribution in [-0.2, 0) is 28.7 Å². The summed E-state index contributed by atoms with van der Waals surface area (Å²) >= 11 is 1.52. The summed E-state index contributed by atoms with van der Waals surface area (Å²) in [6.45, 7) is 0.280. The fourth-order valence-electron chi connectivity index (χ4n) is 4.34. The highest BCUT2D eigenvalue weighted by Gasteiger charge is 2.35. The summed E-state index contributed by atoms with van der Waals surface area (Å²) in [5, 5.41) is 4.69. The van der Waals surface area contributed by atoms with Gasteiger partial charge in [0, 0.05) is 18.0 Å². The Kier molecular flexibility index (Phi) is 7.36. The monoisotopic (exact) mass is 486 g/mol. The molecule has 1 saturated heterocycles. The highest BCUT2D eigenvalue weighted by molar-refractivity contribution is 7.10. The van der Waals surface area contributed by atoms with Crippen LogP contribution in [0.2, 0.25) is 0 Å². The second kappa shape index (κ2) is 10.4. The molecule has 8 heteroatoms. The second-order valence-electron chi connectivity index (χ2n) is 8.42. The normalized spacial score (nSPS) is 18.5. The van der Waals surface area contributed by atoms with Crippen LogP contribution >= 0.6 is 11.3 Å². The molecule has 2 amide bonds. The lowest BCUT2D eigenvalue weighted by Crippen LogP contribution is -2.47. The summed E-state index contributed by atoms with van der Waals surface area (Å²) in [5.41, 5.74) is 0.671. The molecule has 1 N–H and O–H groups in total. The first-order valence-corrected chi connectivity index (χ1v) is 12.0. The Balaban J connectivity index is 1.44. The molecule has 1 aliphatic rings. The van der Waals surface area contributed by atoms with E-state index in [9.17, 15) is 22.8 Å². The Morgan fingerprint density at radius 1 is 1.00 bits per heavy atom. The number of benzene rings is 2. The largest absolute Gasteiger partial charge is 0.416 e. The molecular formula is C26H25F3N2O2S. The molecule has 4 nitrogen and oxygen atoms in total. The van der Waals surface area contributed by atoms with Crippen molar-refractivity contribution in [2.45, 2.75) is 38.0 Å². The number of nitrogens with zero attached hydrogens (tertiary/aromatic N) is 1. The maximum absolute atomic E-state index is 13.2. The predicted molar refractivity (Wildman–Crippen MR) is 125 cm³/mol. The summed E-state index contributed by atoms with van der Waals surface area (Å²) < 4.78 is 38.9. The highest BCUT2D eigenvalue weighted by atomic mass is 32.1. The molecule has 0 saturated carbocycles. The topological polar surface area (TPSA) is 49.4 Å². The van der Waals surface area contributed by atoms with Crippen molar-refractivity contribution in [1.29, 1.82) is 0 Å². The number of rotatable bonds is 6. The van der Waals surface area contributed by atoms with Crippen molar-refractivity contribution in [2.24, 2.45) is 5.92 Å². The molecule has 0 spiro atoms. The standard InChI is InChI=1S/C26H25F3N2O2S/c27-26(28,29)21-9-4-6-18(14-21)16-30-25(33)20-11-12-23(19-7-2-1-3-8-19)31(17-20)24(32)15-22-10-5-13-34-22/h1-10,13-14,20,23H,11-12,15-17H2,(H,30,33)/t20-,23+/m1/s1. The van der Waals surface area contributed by atoms with Gasteiger partial charge in [0.05, 0.1) is 23.9 Å². The van der Waals surface area contributed by atoms with Gasteiger partial charge < -0.3 is 10.2 Å². The van der Waals surface area contributed by atoms with Crippen molar-refractivity contribution >= 4 is 23.2 Å². The minimum absolute atomic E-state index is 0.00447. The number of carbonyl (C=O) groups is 2. The van der Waals surface area contributed by atoms with Crippen LogP contribution in [0.25, 0.3) is 0 Å². The van der Waals surface area contributed by atoms with Gasteiger partial charge >= 0.3 is 6.18 Å². The molecule has 178 valence electrons. The van der Waals surface area contributed by atoms with E-state index in [-0.39, 0.29) is 37.4 Å². The van der Waals surface area contributed by atoms with Crippen LogP contribution in [0.15, 0.2) is 72.1 Å². The van der Waals surface area contributed by atoms with Gasteiger partial charge in [-0.2, -0.15) is 13.2 Å². The lowest BCUT2D eigenvalue weighted by atomic mass is 9.88. The van der Waals surface area contributed by atoms with Gasteiger partial charge in [0.25, 0.3) is 0 Å². The van der Waals surface area contributed by atoms with Gasteiger partial charge in [0.15, 0.2) is 0 Å². The smallest absolute Gasteiger partial charge is 0.352 e. The SMILES string of the molecule is O=C(NCc1cccc(C(F)(F)F)c1)[C@@H]1CC[C@@H](c2ccccc2)N(C(=O)Cc2cccs2)C1. The Morgan fingerprint density at radius 2 is 1.79 bits per heavy atom. The number of hydrogen-bond acceptors (Lipinski definition) is 3. The van der Waals surface area contributed by atoms with Gasteiger partial charge in [0.1, 0.15) is 0 Å². The Bertz CT molecular complexity index is 1120. The molecule has 34 heavy (non-hydrogen) atoms. The first kappa shape index (κ1) is 24.0. The fourth-order valence-corrected chi connectivity index (χ4v) is 5.03. The van der Waals surface area contributed by atoms with Crippen LogP contribution in [0.1, 0.15) is 40.5 Å². The molecule has 0 radical (unpaired) electrons. The fraction of sp³-hybridized carbons (Fsp3) is 0.308. The molecular weight excluding hydrogens is 461 g/mol. The van der Waals surface area contributed by atoms with Crippen LogP contribution in [0.4, 0.5) is 13.2 Å². The number of piperidine rings is 1. The highest BCUT2D eigenvalue weighted by Crippen LogP contribution is 2.34. The number of halogens is 3. The number of thiophene rings is 1. The van der Waals surface area contributed by atoms with Crippen LogP contribution in [0.5, 0.6) is 0 Å². The molecule has 1 fully saturated rings. The van der Waals surface area contributed by atoms with Crippen LogP contribution in [-0.4, -0.2) is 23.3 Å². The molecule has 2 atom stereocenters. The number of nitrogens with one attached hydrogen (secondary N) is 1. The van der Waals surface area contributed by atoms with Crippen molar-refractivity contribution < 1.29 is 22.8 Å². The van der Waals surface area contributed by atoms with Crippen LogP contribution in [0, 0.1) is 5.92 Å². The third kappa shape index (κ3) is 5.86. The van der Waals surface area contributed by atoms with E-state index in [1.54, 1.807) is 11.0 Å². The van der Waals surface area contributed by atoms with Crippen molar-refractivity contribution in [2.75, 3.05) is 6.54 Å². The summed E-state index contributed by atoms with van der Waals surface area (Å²) in [6, 6.07) is 18.4. The lowest BCUT2D eigenvalue weighted by molar-refractivity contribution is -0.139. The van der Waals surface area contributed by atoms with Gasteiger partial charge in [-0.25, -0.2) is 0 Å². The van der Waals surface area contributed by atoms with Crippen LogP contribution < -0.4 is 5.32 Å². The molecule has 0 unspecified atom stereocenters. The van der Waals surface area contributed by atoms with E-state index in [0.717, 1.165) is 22.6 Å². The number of alkyl halides is 3. The first-order valence-electron chi connectivity index (χ1n) is 11.1.